The summed E-state index contributed by atoms with van der Waals surface area (Å²) < 4.78 is 0. The Morgan fingerprint density at radius 3 is 2.46 bits per heavy atom. The molecule has 7 atom stereocenters. The SMILES string of the molecule is CC(=O)[C@]1(O)CC[C@@H]2[C@H]3CCC4=C/C(=N\OCC(=O)N[C@@H](CC(C)C)C(=O)O)CC[C@]4(C)[C@@H]3CC[C@@]21C. The summed E-state index contributed by atoms with van der Waals surface area (Å²) in [6.45, 7) is 9.58. The molecule has 0 heterocycles. The lowest BCUT2D eigenvalue weighted by Crippen LogP contribution is -2.57. The lowest BCUT2D eigenvalue weighted by atomic mass is 9.46. The number of carbonyl (C=O) groups excluding carboxylic acids is 2. The van der Waals surface area contributed by atoms with Crippen LogP contribution in [-0.2, 0) is 19.2 Å². The van der Waals surface area contributed by atoms with E-state index in [1.54, 1.807) is 6.92 Å². The number of nitrogens with one attached hydrogen (secondary N) is 1. The number of allylic oxidation sites excluding steroid dienone is 2. The van der Waals surface area contributed by atoms with Gasteiger partial charge in [-0.15, -0.1) is 0 Å². The third-order valence-electron chi connectivity index (χ3n) is 10.4. The Labute approximate surface area is 220 Å². The molecule has 0 saturated heterocycles. The molecule has 3 fully saturated rings. The summed E-state index contributed by atoms with van der Waals surface area (Å²) in [6, 6.07) is -0.930. The van der Waals surface area contributed by atoms with Gasteiger partial charge in [0.15, 0.2) is 12.4 Å². The first-order valence-electron chi connectivity index (χ1n) is 14.0. The number of carbonyl (C=O) groups is 3. The zero-order valence-electron chi connectivity index (χ0n) is 23.0. The molecular formula is C29H44N2O6. The van der Waals surface area contributed by atoms with Crippen molar-refractivity contribution in [1.29, 1.82) is 0 Å². The van der Waals surface area contributed by atoms with Crippen LogP contribution in [0.15, 0.2) is 16.8 Å². The molecule has 37 heavy (non-hydrogen) atoms. The maximum atomic E-state index is 12.4. The third-order valence-corrected chi connectivity index (χ3v) is 10.4. The first-order valence-corrected chi connectivity index (χ1v) is 14.0. The van der Waals surface area contributed by atoms with Crippen molar-refractivity contribution in [3.63, 3.8) is 0 Å². The van der Waals surface area contributed by atoms with E-state index in [-0.39, 0.29) is 29.1 Å². The number of nitrogens with zero attached hydrogens (tertiary/aromatic N) is 1. The van der Waals surface area contributed by atoms with Gasteiger partial charge in [-0.1, -0.05) is 38.4 Å². The van der Waals surface area contributed by atoms with Crippen molar-refractivity contribution in [2.45, 2.75) is 104 Å². The lowest BCUT2D eigenvalue weighted by molar-refractivity contribution is -0.159. The first kappa shape index (κ1) is 27.8. The fraction of sp³-hybridized carbons (Fsp3) is 0.793. The molecule has 4 aliphatic carbocycles. The van der Waals surface area contributed by atoms with Gasteiger partial charge in [0.25, 0.3) is 5.91 Å². The minimum Gasteiger partial charge on any atom is -0.480 e. The molecule has 0 aromatic heterocycles. The molecule has 0 unspecified atom stereocenters. The van der Waals surface area contributed by atoms with E-state index in [1.807, 2.05) is 13.8 Å². The fourth-order valence-electron chi connectivity index (χ4n) is 8.34. The van der Waals surface area contributed by atoms with Crippen molar-refractivity contribution in [3.8, 4) is 0 Å². The van der Waals surface area contributed by atoms with Crippen LogP contribution in [0.5, 0.6) is 0 Å². The second-order valence-corrected chi connectivity index (χ2v) is 12.9. The van der Waals surface area contributed by atoms with E-state index in [0.717, 1.165) is 50.7 Å². The summed E-state index contributed by atoms with van der Waals surface area (Å²) in [7, 11) is 0. The van der Waals surface area contributed by atoms with Crippen LogP contribution >= 0.6 is 0 Å². The number of carboxylic acids is 1. The smallest absolute Gasteiger partial charge is 0.326 e. The molecule has 0 spiro atoms. The van der Waals surface area contributed by atoms with Crippen LogP contribution in [0.25, 0.3) is 0 Å². The summed E-state index contributed by atoms with van der Waals surface area (Å²) in [4.78, 5) is 41.3. The van der Waals surface area contributed by atoms with Crippen molar-refractivity contribution in [2.75, 3.05) is 6.61 Å². The van der Waals surface area contributed by atoms with E-state index in [0.29, 0.717) is 30.6 Å². The molecule has 0 radical (unpaired) electrons. The van der Waals surface area contributed by atoms with Gasteiger partial charge in [-0.3, -0.25) is 9.59 Å². The number of fused-ring (bicyclic) bond motifs is 5. The average Bonchev–Trinajstić information content (AvgIpc) is 3.10. The Hall–Kier alpha value is -2.22. The van der Waals surface area contributed by atoms with E-state index in [9.17, 15) is 24.6 Å². The van der Waals surface area contributed by atoms with E-state index < -0.39 is 23.5 Å². The average molecular weight is 517 g/mol. The van der Waals surface area contributed by atoms with E-state index >= 15 is 0 Å². The highest BCUT2D eigenvalue weighted by Gasteiger charge is 2.65. The molecule has 3 saturated carbocycles. The summed E-state index contributed by atoms with van der Waals surface area (Å²) in [6.07, 6.45) is 9.66. The number of aliphatic hydroxyl groups is 1. The number of oxime groups is 1. The van der Waals surface area contributed by atoms with Gasteiger partial charge >= 0.3 is 5.97 Å². The van der Waals surface area contributed by atoms with Gasteiger partial charge < -0.3 is 20.4 Å². The predicted octanol–water partition coefficient (Wildman–Crippen LogP) is 4.26. The number of amides is 1. The highest BCUT2D eigenvalue weighted by molar-refractivity contribution is 5.96. The molecule has 3 N–H and O–H groups in total. The zero-order chi connectivity index (χ0) is 27.2. The topological polar surface area (TPSA) is 125 Å². The molecular weight excluding hydrogens is 472 g/mol. The third kappa shape index (κ3) is 4.86. The van der Waals surface area contributed by atoms with Gasteiger partial charge in [-0.05, 0) is 99.9 Å². The largest absolute Gasteiger partial charge is 0.480 e. The highest BCUT2D eigenvalue weighted by atomic mass is 16.6. The van der Waals surface area contributed by atoms with Gasteiger partial charge in [0, 0.05) is 5.41 Å². The van der Waals surface area contributed by atoms with Crippen molar-refractivity contribution < 1.29 is 29.4 Å². The number of ketones is 1. The van der Waals surface area contributed by atoms with E-state index in [4.69, 9.17) is 4.84 Å². The van der Waals surface area contributed by atoms with Crippen molar-refractivity contribution >= 4 is 23.4 Å². The number of Topliss-reactive ketones (excluding diaryl/α,β-unsaturated/α-hetero) is 1. The Morgan fingerprint density at radius 2 is 1.81 bits per heavy atom. The Kier molecular flexibility index (Phi) is 7.63. The molecule has 8 heteroatoms. The van der Waals surface area contributed by atoms with Gasteiger partial charge in [-0.2, -0.15) is 0 Å². The van der Waals surface area contributed by atoms with Gasteiger partial charge in [0.2, 0.25) is 0 Å². The molecule has 8 nitrogen and oxygen atoms in total. The number of carboxylic acid groups (broad SMARTS) is 1. The van der Waals surface area contributed by atoms with Crippen LogP contribution in [0.4, 0.5) is 0 Å². The molecule has 4 rings (SSSR count). The minimum atomic E-state index is -1.19. The monoisotopic (exact) mass is 516 g/mol. The summed E-state index contributed by atoms with van der Waals surface area (Å²) in [5, 5.41) is 27.4. The van der Waals surface area contributed by atoms with Gasteiger partial charge in [0.05, 0.1) is 5.71 Å². The molecule has 1 amide bonds. The first-order chi connectivity index (χ1) is 17.3. The van der Waals surface area contributed by atoms with Crippen LogP contribution in [0.2, 0.25) is 0 Å². The summed E-state index contributed by atoms with van der Waals surface area (Å²) >= 11 is 0. The van der Waals surface area contributed by atoms with E-state index in [2.05, 4.69) is 30.4 Å². The Bertz CT molecular complexity index is 1000. The quantitative estimate of drug-likeness (QED) is 0.414. The van der Waals surface area contributed by atoms with Gasteiger partial charge in [0.1, 0.15) is 11.6 Å². The van der Waals surface area contributed by atoms with Crippen molar-refractivity contribution in [1.82, 2.24) is 5.32 Å². The Balaban J connectivity index is 1.40. The second kappa shape index (κ2) is 10.2. The van der Waals surface area contributed by atoms with Crippen molar-refractivity contribution in [2.24, 2.45) is 39.7 Å². The van der Waals surface area contributed by atoms with Crippen LogP contribution in [-0.4, -0.2) is 51.8 Å². The van der Waals surface area contributed by atoms with Crippen LogP contribution in [0.3, 0.4) is 0 Å². The fourth-order valence-corrected chi connectivity index (χ4v) is 8.34. The molecule has 0 aromatic carbocycles. The molecule has 0 aliphatic heterocycles. The van der Waals surface area contributed by atoms with Crippen LogP contribution in [0, 0.1) is 34.5 Å². The number of rotatable bonds is 8. The van der Waals surface area contributed by atoms with E-state index in [1.165, 1.54) is 5.57 Å². The highest BCUT2D eigenvalue weighted by Crippen LogP contribution is 2.67. The Morgan fingerprint density at radius 1 is 1.11 bits per heavy atom. The zero-order valence-corrected chi connectivity index (χ0v) is 23.0. The normalized spacial score (nSPS) is 38.7. The van der Waals surface area contributed by atoms with Crippen molar-refractivity contribution in [3.05, 3.63) is 11.6 Å². The molecule has 206 valence electrons. The maximum Gasteiger partial charge on any atom is 0.326 e. The minimum absolute atomic E-state index is 0.0725. The number of aliphatic carboxylic acids is 1. The van der Waals surface area contributed by atoms with Gasteiger partial charge in [-0.25, -0.2) is 4.79 Å². The standard InChI is InChI=1S/C29H44N2O6/c1-17(2)14-24(26(34)35)30-25(33)16-37-31-20-8-11-27(4)19(15-20)6-7-21-22(27)9-12-28(5)23(21)10-13-29(28,36)18(3)32/h15,17,21-24,36H,6-14,16H2,1-5H3,(H,30,33)(H,34,35)/b31-20-/t21-,22+,23+,24-,27-,28-,29+/m0/s1. The number of hydrogen-bond acceptors (Lipinski definition) is 6. The second-order valence-electron chi connectivity index (χ2n) is 12.9. The molecule has 0 aromatic rings. The van der Waals surface area contributed by atoms with Crippen LogP contribution < -0.4 is 5.32 Å². The molecule has 0 bridgehead atoms. The summed E-state index contributed by atoms with van der Waals surface area (Å²) in [5.41, 5.74) is 0.765. The maximum absolute atomic E-state index is 12.4. The predicted molar refractivity (Wildman–Crippen MR) is 140 cm³/mol. The lowest BCUT2D eigenvalue weighted by Gasteiger charge is -2.59. The number of hydrogen-bond donors (Lipinski definition) is 3. The summed E-state index contributed by atoms with van der Waals surface area (Å²) in [5.74, 6) is -0.0502. The van der Waals surface area contributed by atoms with Crippen LogP contribution in [0.1, 0.15) is 92.4 Å². The molecule has 4 aliphatic rings.